The molecule has 1 aliphatic rings. The second-order valence-corrected chi connectivity index (χ2v) is 8.30. The molecule has 2 aromatic carbocycles. The Morgan fingerprint density at radius 1 is 1.16 bits per heavy atom. The highest BCUT2D eigenvalue weighted by Gasteiger charge is 2.44. The molecule has 0 fully saturated rings. The number of halogens is 1. The highest BCUT2D eigenvalue weighted by atomic mass is 35.5. The van der Waals surface area contributed by atoms with Gasteiger partial charge >= 0.3 is 12.0 Å². The lowest BCUT2D eigenvalue weighted by Gasteiger charge is -2.19. The molecule has 2 N–H and O–H groups in total. The summed E-state index contributed by atoms with van der Waals surface area (Å²) in [5.41, 5.74) is 2.24. The van der Waals surface area contributed by atoms with Crippen LogP contribution in [0, 0.1) is 12.3 Å². The molecule has 0 saturated carbocycles. The molecule has 0 saturated heterocycles. The third kappa shape index (κ3) is 5.08. The lowest BCUT2D eigenvalue weighted by molar-refractivity contribution is -0.149. The van der Waals surface area contributed by atoms with Crippen LogP contribution in [-0.2, 0) is 14.3 Å². The summed E-state index contributed by atoms with van der Waals surface area (Å²) in [6.45, 7) is 7.02. The molecule has 9 heteroatoms. The average molecular weight is 457 g/mol. The maximum absolute atomic E-state index is 12.8. The van der Waals surface area contributed by atoms with Gasteiger partial charge in [0.05, 0.1) is 17.7 Å². The third-order valence-electron chi connectivity index (χ3n) is 5.00. The van der Waals surface area contributed by atoms with Crippen LogP contribution in [0.15, 0.2) is 47.6 Å². The van der Waals surface area contributed by atoms with E-state index in [4.69, 9.17) is 16.3 Å². The summed E-state index contributed by atoms with van der Waals surface area (Å²) in [6, 6.07) is 11.8. The third-order valence-corrected chi connectivity index (χ3v) is 5.23. The van der Waals surface area contributed by atoms with Crippen LogP contribution in [0.2, 0.25) is 5.02 Å². The number of rotatable bonds is 6. The summed E-state index contributed by atoms with van der Waals surface area (Å²) in [7, 11) is 0. The Bertz CT molecular complexity index is 1100. The normalized spacial score (nSPS) is 14.7. The van der Waals surface area contributed by atoms with Crippen LogP contribution in [0.25, 0.3) is 0 Å². The Labute approximate surface area is 191 Å². The van der Waals surface area contributed by atoms with Gasteiger partial charge in [-0.15, -0.1) is 0 Å². The predicted octanol–water partition coefficient (Wildman–Crippen LogP) is 4.43. The van der Waals surface area contributed by atoms with Gasteiger partial charge in [0.1, 0.15) is 6.54 Å². The first-order valence-electron chi connectivity index (χ1n) is 10.1. The van der Waals surface area contributed by atoms with Gasteiger partial charge in [-0.25, -0.2) is 9.80 Å². The molecule has 0 bridgehead atoms. The minimum atomic E-state index is -0.937. The Balaban J connectivity index is 1.77. The summed E-state index contributed by atoms with van der Waals surface area (Å²) >= 11 is 5.96. The molecule has 2 aromatic rings. The molecule has 168 valence electrons. The first-order chi connectivity index (χ1) is 15.1. The fraction of sp³-hybridized carbons (Fsp3) is 0.304. The lowest BCUT2D eigenvalue weighted by Crippen LogP contribution is -2.37. The average Bonchev–Trinajstić information content (AvgIpc) is 2.94. The van der Waals surface area contributed by atoms with E-state index < -0.39 is 17.4 Å². The quantitative estimate of drug-likeness (QED) is 0.628. The van der Waals surface area contributed by atoms with Gasteiger partial charge in [-0.2, -0.15) is 5.10 Å². The molecule has 8 nitrogen and oxygen atoms in total. The Hall–Kier alpha value is -3.39. The van der Waals surface area contributed by atoms with E-state index in [1.54, 1.807) is 63.2 Å². The topological polar surface area (TPSA) is 100 Å². The van der Waals surface area contributed by atoms with E-state index in [1.165, 1.54) is 0 Å². The number of carbonyl (C=O) groups excluding carboxylic acids is 3. The van der Waals surface area contributed by atoms with Crippen LogP contribution >= 0.6 is 11.6 Å². The number of nitrogens with one attached hydrogen (secondary N) is 2. The molecule has 32 heavy (non-hydrogen) atoms. The van der Waals surface area contributed by atoms with Crippen LogP contribution in [0.5, 0.6) is 0 Å². The van der Waals surface area contributed by atoms with E-state index in [2.05, 4.69) is 15.7 Å². The zero-order valence-electron chi connectivity index (χ0n) is 18.4. The highest BCUT2D eigenvalue weighted by Crippen LogP contribution is 2.32. The SMILES string of the molecule is CCOC(=O)CN1N=C(c2cccc(NC(=O)Nc3ccc(Cl)cc3C)c2)C(C)(C)C1=O. The summed E-state index contributed by atoms with van der Waals surface area (Å²) in [5.74, 6) is -0.818. The fourth-order valence-corrected chi connectivity index (χ4v) is 3.59. The van der Waals surface area contributed by atoms with E-state index >= 15 is 0 Å². The highest BCUT2D eigenvalue weighted by molar-refractivity contribution is 6.30. The second kappa shape index (κ2) is 9.40. The van der Waals surface area contributed by atoms with Crippen molar-refractivity contribution in [2.24, 2.45) is 10.5 Å². The lowest BCUT2D eigenvalue weighted by atomic mass is 9.83. The first kappa shape index (κ1) is 23.3. The van der Waals surface area contributed by atoms with Crippen LogP contribution in [-0.4, -0.2) is 41.8 Å². The number of aryl methyl sites for hydroxylation is 1. The Morgan fingerprint density at radius 2 is 1.91 bits per heavy atom. The van der Waals surface area contributed by atoms with Crippen molar-refractivity contribution in [1.82, 2.24) is 5.01 Å². The molecule has 0 radical (unpaired) electrons. The second-order valence-electron chi connectivity index (χ2n) is 7.86. The van der Waals surface area contributed by atoms with Crippen LogP contribution in [0.1, 0.15) is 31.9 Å². The Kier molecular flexibility index (Phi) is 6.84. The molecular weight excluding hydrogens is 432 g/mol. The molecule has 3 amide bonds. The number of nitrogens with zero attached hydrogens (tertiary/aromatic N) is 2. The van der Waals surface area contributed by atoms with Crippen LogP contribution < -0.4 is 10.6 Å². The van der Waals surface area contributed by atoms with Gasteiger partial charge in [0.25, 0.3) is 5.91 Å². The van der Waals surface area contributed by atoms with Gasteiger partial charge in [-0.1, -0.05) is 23.7 Å². The van der Waals surface area contributed by atoms with Crippen LogP contribution in [0.4, 0.5) is 16.2 Å². The van der Waals surface area contributed by atoms with Gasteiger partial charge in [0, 0.05) is 22.0 Å². The van der Waals surface area contributed by atoms with Gasteiger partial charge in [-0.3, -0.25) is 9.59 Å². The van der Waals surface area contributed by atoms with Crippen molar-refractivity contribution in [3.63, 3.8) is 0 Å². The van der Waals surface area contributed by atoms with Gasteiger partial charge in [0.2, 0.25) is 0 Å². The minimum Gasteiger partial charge on any atom is -0.465 e. The van der Waals surface area contributed by atoms with E-state index in [0.29, 0.717) is 27.7 Å². The molecule has 0 aliphatic carbocycles. The number of benzene rings is 2. The number of hydrazone groups is 1. The number of anilines is 2. The van der Waals surface area contributed by atoms with E-state index in [0.717, 1.165) is 10.6 Å². The smallest absolute Gasteiger partial charge is 0.327 e. The zero-order chi connectivity index (χ0) is 23.5. The predicted molar refractivity (Wildman–Crippen MR) is 124 cm³/mol. The summed E-state index contributed by atoms with van der Waals surface area (Å²) < 4.78 is 4.92. The summed E-state index contributed by atoms with van der Waals surface area (Å²) in [4.78, 5) is 37.1. The molecule has 3 rings (SSSR count). The zero-order valence-corrected chi connectivity index (χ0v) is 19.1. The van der Waals surface area contributed by atoms with Gasteiger partial charge in [0.15, 0.2) is 0 Å². The van der Waals surface area contributed by atoms with Crippen molar-refractivity contribution in [1.29, 1.82) is 0 Å². The van der Waals surface area contributed by atoms with E-state index in [9.17, 15) is 14.4 Å². The van der Waals surface area contributed by atoms with Gasteiger partial charge in [-0.05, 0) is 63.6 Å². The molecule has 1 aliphatic heterocycles. The van der Waals surface area contributed by atoms with E-state index in [1.807, 2.05) is 6.92 Å². The number of urea groups is 1. The van der Waals surface area contributed by atoms with Gasteiger partial charge < -0.3 is 15.4 Å². The minimum absolute atomic E-state index is 0.228. The summed E-state index contributed by atoms with van der Waals surface area (Å²) in [5, 5.41) is 11.7. The maximum Gasteiger partial charge on any atom is 0.327 e. The molecule has 0 atom stereocenters. The van der Waals surface area contributed by atoms with Crippen molar-refractivity contribution in [3.05, 3.63) is 58.6 Å². The molecular formula is C23H25ClN4O4. The first-order valence-corrected chi connectivity index (χ1v) is 10.5. The standard InChI is InChI=1S/C23H25ClN4O4/c1-5-32-19(29)13-28-21(30)23(3,4)20(27-28)15-7-6-8-17(12-15)25-22(31)26-18-10-9-16(24)11-14(18)2/h6-12H,5,13H2,1-4H3,(H2,25,26,31). The monoisotopic (exact) mass is 456 g/mol. The largest absolute Gasteiger partial charge is 0.465 e. The summed E-state index contributed by atoms with van der Waals surface area (Å²) in [6.07, 6.45) is 0. The molecule has 0 unspecified atom stereocenters. The van der Waals surface area contributed by atoms with Crippen molar-refractivity contribution < 1.29 is 19.1 Å². The molecule has 1 heterocycles. The number of hydrogen-bond acceptors (Lipinski definition) is 5. The van der Waals surface area contributed by atoms with Crippen molar-refractivity contribution in [2.45, 2.75) is 27.7 Å². The van der Waals surface area contributed by atoms with Crippen molar-refractivity contribution in [3.8, 4) is 0 Å². The maximum atomic E-state index is 12.8. The van der Waals surface area contributed by atoms with Crippen molar-refractivity contribution in [2.75, 3.05) is 23.8 Å². The molecule has 0 spiro atoms. The fourth-order valence-electron chi connectivity index (χ4n) is 3.37. The van der Waals surface area contributed by atoms with Crippen LogP contribution in [0.3, 0.4) is 0 Å². The Morgan fingerprint density at radius 3 is 2.59 bits per heavy atom. The number of hydrogen-bond donors (Lipinski definition) is 2. The molecule has 0 aromatic heterocycles. The number of esters is 1. The van der Waals surface area contributed by atoms with E-state index in [-0.39, 0.29) is 19.1 Å². The number of carbonyl (C=O) groups is 3. The number of amides is 3. The van der Waals surface area contributed by atoms with Crippen molar-refractivity contribution >= 4 is 46.6 Å². The number of ether oxygens (including phenoxy) is 1.